The van der Waals surface area contributed by atoms with Crippen LogP contribution in [0.25, 0.3) is 0 Å². The zero-order valence-corrected chi connectivity index (χ0v) is 11.4. The van der Waals surface area contributed by atoms with Gasteiger partial charge in [0.25, 0.3) is 0 Å². The van der Waals surface area contributed by atoms with Gasteiger partial charge in [-0.3, -0.25) is 4.79 Å². The molecule has 1 aromatic carbocycles. The van der Waals surface area contributed by atoms with Crippen LogP contribution in [0.5, 0.6) is 0 Å². The molecule has 0 fully saturated rings. The minimum atomic E-state index is -0.470. The molecule has 1 atom stereocenters. The van der Waals surface area contributed by atoms with Crippen molar-refractivity contribution in [2.45, 2.75) is 12.3 Å². The van der Waals surface area contributed by atoms with Gasteiger partial charge in [0.15, 0.2) is 5.78 Å². The van der Waals surface area contributed by atoms with E-state index in [1.54, 1.807) is 13.0 Å². The van der Waals surface area contributed by atoms with Gasteiger partial charge in [-0.05, 0) is 51.5 Å². The lowest BCUT2D eigenvalue weighted by atomic mass is 10.1. The van der Waals surface area contributed by atoms with E-state index in [0.29, 0.717) is 5.56 Å². The summed E-state index contributed by atoms with van der Waals surface area (Å²) < 4.78 is 1.84. The number of rotatable bonds is 2. The molecule has 1 nitrogen and oxygen atoms in total. The first-order valence-electron chi connectivity index (χ1n) is 3.66. The molecule has 0 aromatic heterocycles. The van der Waals surface area contributed by atoms with E-state index in [9.17, 15) is 4.79 Å². The molecule has 1 aromatic rings. The summed E-state index contributed by atoms with van der Waals surface area (Å²) in [5, 5.41) is -0.470. The Labute approximate surface area is 104 Å². The highest BCUT2D eigenvalue weighted by Crippen LogP contribution is 2.24. The Morgan fingerprint density at radius 3 is 2.77 bits per heavy atom. The molecule has 0 N–H and O–H groups in total. The number of benzene rings is 1. The van der Waals surface area contributed by atoms with Gasteiger partial charge in [-0.15, -0.1) is 11.6 Å². The standard InChI is InChI=1S/C9H7BrClIO/c1-5(11)9(13)6-3-2-4-7(10)8(6)12/h2-5H,1H3. The van der Waals surface area contributed by atoms with Gasteiger partial charge in [-0.1, -0.05) is 12.1 Å². The second-order valence-electron chi connectivity index (χ2n) is 2.58. The Morgan fingerprint density at radius 1 is 1.62 bits per heavy atom. The Kier molecular flexibility index (Phi) is 4.19. The molecule has 4 heteroatoms. The molecule has 0 amide bonds. The summed E-state index contributed by atoms with van der Waals surface area (Å²) >= 11 is 11.2. The number of carbonyl (C=O) groups is 1. The summed E-state index contributed by atoms with van der Waals surface area (Å²) in [5.74, 6) is -0.0348. The van der Waals surface area contributed by atoms with Crippen molar-refractivity contribution in [1.29, 1.82) is 0 Å². The number of hydrogen-bond acceptors (Lipinski definition) is 1. The quantitative estimate of drug-likeness (QED) is 0.437. The molecule has 13 heavy (non-hydrogen) atoms. The summed E-state index contributed by atoms with van der Waals surface area (Å²) in [6, 6.07) is 5.52. The van der Waals surface area contributed by atoms with E-state index in [2.05, 4.69) is 38.5 Å². The third-order valence-electron chi connectivity index (χ3n) is 1.58. The molecule has 0 heterocycles. The SMILES string of the molecule is CC(Cl)C(=O)c1cccc(Br)c1I. The van der Waals surface area contributed by atoms with Crippen LogP contribution in [-0.2, 0) is 0 Å². The topological polar surface area (TPSA) is 17.1 Å². The van der Waals surface area contributed by atoms with Gasteiger partial charge in [0, 0.05) is 13.6 Å². The average molecular weight is 373 g/mol. The van der Waals surface area contributed by atoms with Crippen molar-refractivity contribution >= 4 is 55.9 Å². The Balaban J connectivity index is 3.15. The molecule has 0 saturated heterocycles. The Morgan fingerprint density at radius 2 is 2.23 bits per heavy atom. The van der Waals surface area contributed by atoms with Gasteiger partial charge in [-0.25, -0.2) is 0 Å². The highest BCUT2D eigenvalue weighted by atomic mass is 127. The second-order valence-corrected chi connectivity index (χ2v) is 5.17. The lowest BCUT2D eigenvalue weighted by molar-refractivity contribution is 0.0991. The summed E-state index contributed by atoms with van der Waals surface area (Å²) in [5.41, 5.74) is 0.678. The van der Waals surface area contributed by atoms with Crippen molar-refractivity contribution in [3.63, 3.8) is 0 Å². The van der Waals surface area contributed by atoms with E-state index in [-0.39, 0.29) is 5.78 Å². The zero-order valence-electron chi connectivity index (χ0n) is 6.85. The number of carbonyl (C=O) groups excluding carboxylic acids is 1. The average Bonchev–Trinajstić information content (AvgIpc) is 2.08. The van der Waals surface area contributed by atoms with Crippen LogP contribution in [0.2, 0.25) is 0 Å². The van der Waals surface area contributed by atoms with Gasteiger partial charge < -0.3 is 0 Å². The first-order chi connectivity index (χ1) is 6.04. The summed E-state index contributed by atoms with van der Waals surface area (Å²) in [7, 11) is 0. The van der Waals surface area contributed by atoms with Crippen molar-refractivity contribution < 1.29 is 4.79 Å². The number of Topliss-reactive ketones (excluding diaryl/α,β-unsaturated/α-hetero) is 1. The highest BCUT2D eigenvalue weighted by Gasteiger charge is 2.16. The molecule has 0 aliphatic carbocycles. The van der Waals surface area contributed by atoms with Crippen molar-refractivity contribution in [2.75, 3.05) is 0 Å². The molecule has 1 unspecified atom stereocenters. The largest absolute Gasteiger partial charge is 0.292 e. The van der Waals surface area contributed by atoms with E-state index in [4.69, 9.17) is 11.6 Å². The van der Waals surface area contributed by atoms with Crippen LogP contribution in [0.15, 0.2) is 22.7 Å². The van der Waals surface area contributed by atoms with Crippen molar-refractivity contribution in [3.8, 4) is 0 Å². The Hall–Kier alpha value is 0.390. The number of alkyl halides is 1. The van der Waals surface area contributed by atoms with Gasteiger partial charge in [0.1, 0.15) is 0 Å². The van der Waals surface area contributed by atoms with Crippen LogP contribution < -0.4 is 0 Å². The van der Waals surface area contributed by atoms with E-state index < -0.39 is 5.38 Å². The molecule has 0 spiro atoms. The first-order valence-corrected chi connectivity index (χ1v) is 5.97. The van der Waals surface area contributed by atoms with Gasteiger partial charge >= 0.3 is 0 Å². The molecular formula is C9H7BrClIO. The molecule has 0 radical (unpaired) electrons. The van der Waals surface area contributed by atoms with Gasteiger partial charge in [0.2, 0.25) is 0 Å². The monoisotopic (exact) mass is 372 g/mol. The van der Waals surface area contributed by atoms with E-state index in [1.807, 2.05) is 12.1 Å². The van der Waals surface area contributed by atoms with Crippen LogP contribution in [0.4, 0.5) is 0 Å². The normalized spacial score (nSPS) is 12.6. The maximum absolute atomic E-state index is 11.6. The van der Waals surface area contributed by atoms with Crippen molar-refractivity contribution in [3.05, 3.63) is 31.8 Å². The van der Waals surface area contributed by atoms with Crippen molar-refractivity contribution in [1.82, 2.24) is 0 Å². The third-order valence-corrected chi connectivity index (χ3v) is 4.34. The fourth-order valence-corrected chi connectivity index (χ4v) is 2.02. The first kappa shape index (κ1) is 11.5. The fourth-order valence-electron chi connectivity index (χ4n) is 0.908. The Bertz CT molecular complexity index is 338. The molecule has 1 rings (SSSR count). The lowest BCUT2D eigenvalue weighted by Crippen LogP contribution is -2.12. The highest BCUT2D eigenvalue weighted by molar-refractivity contribution is 14.1. The molecule has 0 aliphatic rings. The van der Waals surface area contributed by atoms with Gasteiger partial charge in [-0.2, -0.15) is 0 Å². The predicted molar refractivity (Wildman–Crippen MR) is 66.5 cm³/mol. The molecular weight excluding hydrogens is 366 g/mol. The minimum Gasteiger partial charge on any atom is -0.292 e. The van der Waals surface area contributed by atoms with Crippen molar-refractivity contribution in [2.24, 2.45) is 0 Å². The summed E-state index contributed by atoms with van der Waals surface area (Å²) in [4.78, 5) is 11.6. The van der Waals surface area contributed by atoms with E-state index in [0.717, 1.165) is 8.04 Å². The summed E-state index contributed by atoms with van der Waals surface area (Å²) in [6.07, 6.45) is 0. The molecule has 0 aliphatic heterocycles. The molecule has 70 valence electrons. The second kappa shape index (κ2) is 4.75. The minimum absolute atomic E-state index is 0.0348. The lowest BCUT2D eigenvalue weighted by Gasteiger charge is -2.06. The fraction of sp³-hybridized carbons (Fsp3) is 0.222. The molecule has 0 bridgehead atoms. The maximum Gasteiger partial charge on any atom is 0.181 e. The van der Waals surface area contributed by atoms with Crippen LogP contribution in [0.1, 0.15) is 17.3 Å². The summed E-state index contributed by atoms with van der Waals surface area (Å²) in [6.45, 7) is 1.68. The van der Waals surface area contributed by atoms with Crippen LogP contribution in [0, 0.1) is 3.57 Å². The zero-order chi connectivity index (χ0) is 10.0. The van der Waals surface area contributed by atoms with E-state index in [1.165, 1.54) is 0 Å². The maximum atomic E-state index is 11.6. The van der Waals surface area contributed by atoms with Crippen LogP contribution in [-0.4, -0.2) is 11.2 Å². The van der Waals surface area contributed by atoms with Crippen LogP contribution >= 0.6 is 50.1 Å². The van der Waals surface area contributed by atoms with Gasteiger partial charge in [0.05, 0.1) is 5.38 Å². The number of ketones is 1. The van der Waals surface area contributed by atoms with E-state index >= 15 is 0 Å². The molecule has 0 saturated carbocycles. The predicted octanol–water partition coefficient (Wildman–Crippen LogP) is 3.86. The van der Waals surface area contributed by atoms with Crippen LogP contribution in [0.3, 0.4) is 0 Å². The number of halogens is 3. The smallest absolute Gasteiger partial charge is 0.181 e. The number of hydrogen-bond donors (Lipinski definition) is 0. The third kappa shape index (κ3) is 2.67.